The molecule has 0 bridgehead atoms. The lowest BCUT2D eigenvalue weighted by molar-refractivity contribution is 0.181. The zero-order valence-corrected chi connectivity index (χ0v) is 19.2. The standard InChI is InChI=1S/C23H26N2O4S2/c1-28-22-8-7-20(13-23(22)29-2)31(26,27)24-14-21(19-10-12-30-16-19)25-11-9-17-5-3-4-6-18(17)15-25/h3-8,10,12-13,16,21,24H,9,11,14-15H2,1-2H3. The van der Waals surface area contributed by atoms with Crippen molar-refractivity contribution in [3.05, 3.63) is 76.0 Å². The van der Waals surface area contributed by atoms with E-state index in [4.69, 9.17) is 9.47 Å². The first-order valence-electron chi connectivity index (χ1n) is 10.1. The van der Waals surface area contributed by atoms with Crippen molar-refractivity contribution in [2.24, 2.45) is 0 Å². The van der Waals surface area contributed by atoms with Crippen LogP contribution in [0.1, 0.15) is 22.7 Å². The van der Waals surface area contributed by atoms with Crippen LogP contribution in [-0.2, 0) is 23.0 Å². The Kier molecular flexibility index (Phi) is 6.62. The van der Waals surface area contributed by atoms with Gasteiger partial charge in [-0.15, -0.1) is 0 Å². The van der Waals surface area contributed by atoms with Crippen LogP contribution in [0.3, 0.4) is 0 Å². The Bertz CT molecular complexity index is 1130. The van der Waals surface area contributed by atoms with Crippen LogP contribution in [0.2, 0.25) is 0 Å². The van der Waals surface area contributed by atoms with Gasteiger partial charge in [-0.05, 0) is 52.1 Å². The SMILES string of the molecule is COc1ccc(S(=O)(=O)NCC(c2ccsc2)N2CCc3ccccc3C2)cc1OC. The van der Waals surface area contributed by atoms with E-state index in [2.05, 4.69) is 45.3 Å². The average Bonchev–Trinajstić information content (AvgIpc) is 3.33. The van der Waals surface area contributed by atoms with Gasteiger partial charge >= 0.3 is 0 Å². The molecule has 1 aliphatic rings. The number of nitrogens with one attached hydrogen (secondary N) is 1. The second-order valence-corrected chi connectivity index (χ2v) is 9.98. The van der Waals surface area contributed by atoms with Crippen LogP contribution in [0.4, 0.5) is 0 Å². The minimum Gasteiger partial charge on any atom is -0.493 e. The third-order valence-corrected chi connectivity index (χ3v) is 7.78. The molecule has 3 aromatic rings. The van der Waals surface area contributed by atoms with E-state index >= 15 is 0 Å². The Morgan fingerprint density at radius 1 is 1.06 bits per heavy atom. The quantitative estimate of drug-likeness (QED) is 0.556. The maximum Gasteiger partial charge on any atom is 0.240 e. The summed E-state index contributed by atoms with van der Waals surface area (Å²) in [5.41, 5.74) is 3.80. The van der Waals surface area contributed by atoms with Gasteiger partial charge in [0.2, 0.25) is 10.0 Å². The van der Waals surface area contributed by atoms with Gasteiger partial charge in [0.05, 0.1) is 19.1 Å². The van der Waals surface area contributed by atoms with Crippen molar-refractivity contribution in [2.45, 2.75) is 23.9 Å². The summed E-state index contributed by atoms with van der Waals surface area (Å²) in [6.45, 7) is 1.97. The molecule has 31 heavy (non-hydrogen) atoms. The molecule has 0 radical (unpaired) electrons. The minimum atomic E-state index is -3.71. The van der Waals surface area contributed by atoms with Crippen LogP contribution in [0.15, 0.2) is 64.2 Å². The van der Waals surface area contributed by atoms with E-state index in [1.165, 1.54) is 37.5 Å². The average molecular weight is 459 g/mol. The molecule has 1 atom stereocenters. The fourth-order valence-electron chi connectivity index (χ4n) is 3.96. The molecule has 0 fully saturated rings. The number of methoxy groups -OCH3 is 2. The fourth-order valence-corrected chi connectivity index (χ4v) is 5.72. The van der Waals surface area contributed by atoms with E-state index in [1.54, 1.807) is 17.4 Å². The summed E-state index contributed by atoms with van der Waals surface area (Å²) in [5.74, 6) is 0.872. The number of hydrogen-bond acceptors (Lipinski definition) is 6. The van der Waals surface area contributed by atoms with E-state index in [-0.39, 0.29) is 17.5 Å². The molecule has 0 spiro atoms. The number of benzene rings is 2. The largest absolute Gasteiger partial charge is 0.493 e. The molecular weight excluding hydrogens is 432 g/mol. The van der Waals surface area contributed by atoms with Crippen LogP contribution in [0, 0.1) is 0 Å². The molecule has 0 saturated heterocycles. The molecule has 2 aromatic carbocycles. The smallest absolute Gasteiger partial charge is 0.240 e. The maximum atomic E-state index is 13.0. The molecule has 8 heteroatoms. The third-order valence-electron chi connectivity index (χ3n) is 5.66. The zero-order valence-electron chi connectivity index (χ0n) is 17.6. The highest BCUT2D eigenvalue weighted by molar-refractivity contribution is 7.89. The van der Waals surface area contributed by atoms with Gasteiger partial charge in [0.1, 0.15) is 0 Å². The molecule has 4 rings (SSSR count). The summed E-state index contributed by atoms with van der Waals surface area (Å²) in [6, 6.07) is 15.1. The first-order valence-corrected chi connectivity index (χ1v) is 12.5. The Morgan fingerprint density at radius 3 is 2.55 bits per heavy atom. The summed E-state index contributed by atoms with van der Waals surface area (Å²) in [7, 11) is -0.703. The van der Waals surface area contributed by atoms with Crippen molar-refractivity contribution in [1.82, 2.24) is 9.62 Å². The van der Waals surface area contributed by atoms with Gasteiger partial charge in [-0.1, -0.05) is 24.3 Å². The Morgan fingerprint density at radius 2 is 1.84 bits per heavy atom. The number of rotatable bonds is 8. The lowest BCUT2D eigenvalue weighted by Crippen LogP contribution is -2.40. The van der Waals surface area contributed by atoms with Gasteiger partial charge in [-0.25, -0.2) is 13.1 Å². The van der Waals surface area contributed by atoms with Gasteiger partial charge in [0, 0.05) is 31.7 Å². The summed E-state index contributed by atoms with van der Waals surface area (Å²) in [5, 5.41) is 4.12. The Hall–Kier alpha value is -2.39. The summed E-state index contributed by atoms with van der Waals surface area (Å²) in [6.07, 6.45) is 0.958. The van der Waals surface area contributed by atoms with Crippen molar-refractivity contribution in [1.29, 1.82) is 0 Å². The van der Waals surface area contributed by atoms with Gasteiger partial charge < -0.3 is 9.47 Å². The monoisotopic (exact) mass is 458 g/mol. The molecule has 2 heterocycles. The zero-order chi connectivity index (χ0) is 21.8. The van der Waals surface area contributed by atoms with Gasteiger partial charge in [0.25, 0.3) is 0 Å². The summed E-state index contributed by atoms with van der Waals surface area (Å²) >= 11 is 1.62. The van der Waals surface area contributed by atoms with Crippen molar-refractivity contribution in [3.63, 3.8) is 0 Å². The minimum absolute atomic E-state index is 0.0467. The topological polar surface area (TPSA) is 67.9 Å². The van der Waals surface area contributed by atoms with Crippen molar-refractivity contribution >= 4 is 21.4 Å². The number of hydrogen-bond donors (Lipinski definition) is 1. The number of fused-ring (bicyclic) bond motifs is 1. The second kappa shape index (κ2) is 9.40. The van der Waals surface area contributed by atoms with E-state index in [0.29, 0.717) is 11.5 Å². The van der Waals surface area contributed by atoms with Crippen LogP contribution in [0.5, 0.6) is 11.5 Å². The lowest BCUT2D eigenvalue weighted by atomic mass is 9.97. The number of sulfonamides is 1. The molecule has 0 amide bonds. The summed E-state index contributed by atoms with van der Waals surface area (Å²) in [4.78, 5) is 2.50. The number of ether oxygens (including phenoxy) is 2. The van der Waals surface area contributed by atoms with E-state index < -0.39 is 10.0 Å². The predicted molar refractivity (Wildman–Crippen MR) is 122 cm³/mol. The molecule has 1 unspecified atom stereocenters. The van der Waals surface area contributed by atoms with Gasteiger partial charge in [0.15, 0.2) is 11.5 Å². The first-order chi connectivity index (χ1) is 15.0. The molecule has 1 aromatic heterocycles. The summed E-state index contributed by atoms with van der Waals surface area (Å²) < 4.78 is 39.4. The van der Waals surface area contributed by atoms with Crippen molar-refractivity contribution in [2.75, 3.05) is 27.3 Å². The normalized spacial score (nSPS) is 15.3. The third kappa shape index (κ3) is 4.77. The molecule has 0 saturated carbocycles. The fraction of sp³-hybridized carbons (Fsp3) is 0.304. The molecule has 164 valence electrons. The Labute approximate surface area is 187 Å². The highest BCUT2D eigenvalue weighted by atomic mass is 32.2. The van der Waals surface area contributed by atoms with Crippen LogP contribution >= 0.6 is 11.3 Å². The lowest BCUT2D eigenvalue weighted by Gasteiger charge is -2.35. The molecule has 1 N–H and O–H groups in total. The van der Waals surface area contributed by atoms with E-state index in [0.717, 1.165) is 25.1 Å². The molecule has 0 aliphatic carbocycles. The first kappa shape index (κ1) is 21.8. The highest BCUT2D eigenvalue weighted by Gasteiger charge is 2.27. The predicted octanol–water partition coefficient (Wildman–Crippen LogP) is 3.84. The number of nitrogens with zero attached hydrogens (tertiary/aromatic N) is 1. The highest BCUT2D eigenvalue weighted by Crippen LogP contribution is 2.31. The van der Waals surface area contributed by atoms with Crippen LogP contribution in [0.25, 0.3) is 0 Å². The van der Waals surface area contributed by atoms with Gasteiger partial charge in [-0.2, -0.15) is 11.3 Å². The van der Waals surface area contributed by atoms with Crippen LogP contribution in [-0.4, -0.2) is 40.6 Å². The van der Waals surface area contributed by atoms with Crippen molar-refractivity contribution < 1.29 is 17.9 Å². The van der Waals surface area contributed by atoms with E-state index in [1.807, 2.05) is 5.38 Å². The molecular formula is C23H26N2O4S2. The maximum absolute atomic E-state index is 13.0. The molecule has 1 aliphatic heterocycles. The van der Waals surface area contributed by atoms with Gasteiger partial charge in [-0.3, -0.25) is 4.90 Å². The van der Waals surface area contributed by atoms with Crippen LogP contribution < -0.4 is 14.2 Å². The van der Waals surface area contributed by atoms with E-state index in [9.17, 15) is 8.42 Å². The second-order valence-electron chi connectivity index (χ2n) is 7.43. The van der Waals surface area contributed by atoms with Crippen molar-refractivity contribution in [3.8, 4) is 11.5 Å². The molecule has 6 nitrogen and oxygen atoms in total. The Balaban J connectivity index is 1.55. The number of thiophene rings is 1.